The van der Waals surface area contributed by atoms with E-state index >= 15 is 0 Å². The van der Waals surface area contributed by atoms with Crippen LogP contribution in [0.2, 0.25) is 0 Å². The zero-order valence-electron chi connectivity index (χ0n) is 15.8. The summed E-state index contributed by atoms with van der Waals surface area (Å²) in [7, 11) is 0. The maximum Gasteiger partial charge on any atom is 0.251 e. The smallest absolute Gasteiger partial charge is 0.251 e. The van der Waals surface area contributed by atoms with Crippen molar-refractivity contribution >= 4 is 5.91 Å². The molecule has 0 radical (unpaired) electrons. The van der Waals surface area contributed by atoms with Crippen molar-refractivity contribution in [2.24, 2.45) is 5.73 Å². The lowest BCUT2D eigenvalue weighted by molar-refractivity contribution is -0.326. The van der Waals surface area contributed by atoms with Crippen LogP contribution in [0.25, 0.3) is 0 Å². The molecule has 0 aliphatic carbocycles. The molecule has 1 aliphatic heterocycles. The van der Waals surface area contributed by atoms with Gasteiger partial charge in [0.1, 0.15) is 42.7 Å². The Morgan fingerprint density at radius 2 is 1.72 bits per heavy atom. The van der Waals surface area contributed by atoms with Gasteiger partial charge in [-0.1, -0.05) is 0 Å². The number of hydrogen-bond acceptors (Lipinski definition) is 12. The standard InChI is InChI=1S/C16H32N2O11/c17-3-1-2-4-18-15(27)12(25)11(24)14(7(21)5-19)29-16-13(26)10(23)9(22)8(6-20)28-16/h7-14,16,19-26H,1-6,17H2,(H,18,27)/t7-,8-,9-,10+,11-,12-,13-,14-,16-/m1/s1. The molecule has 1 saturated heterocycles. The lowest BCUT2D eigenvalue weighted by atomic mass is 9.98. The van der Waals surface area contributed by atoms with Gasteiger partial charge in [-0.05, 0) is 19.4 Å². The summed E-state index contributed by atoms with van der Waals surface area (Å²) in [4.78, 5) is 12.0. The summed E-state index contributed by atoms with van der Waals surface area (Å²) in [5, 5.41) is 80.6. The van der Waals surface area contributed by atoms with E-state index in [4.69, 9.17) is 15.2 Å². The first-order chi connectivity index (χ1) is 13.7. The molecule has 13 nitrogen and oxygen atoms in total. The molecule has 1 aliphatic rings. The van der Waals surface area contributed by atoms with Gasteiger partial charge in [0, 0.05) is 6.54 Å². The Bertz CT molecular complexity index is 484. The predicted molar refractivity (Wildman–Crippen MR) is 95.0 cm³/mol. The SMILES string of the molecule is NCCCCNC(=O)[C@H](O)[C@@H](O)[C@H](O[C@H]1O[C@H](CO)[C@@H](O)[C@H](O)[C@H]1O)[C@H](O)CO. The van der Waals surface area contributed by atoms with Gasteiger partial charge in [-0.2, -0.15) is 0 Å². The average Bonchev–Trinajstić information content (AvgIpc) is 2.72. The highest BCUT2D eigenvalue weighted by molar-refractivity contribution is 5.81. The number of nitrogens with one attached hydrogen (secondary N) is 1. The Labute approximate surface area is 167 Å². The summed E-state index contributed by atoms with van der Waals surface area (Å²) in [6.45, 7) is -1.09. The van der Waals surface area contributed by atoms with Crippen molar-refractivity contribution < 1.29 is 55.1 Å². The van der Waals surface area contributed by atoms with Crippen molar-refractivity contribution in [3.8, 4) is 0 Å². The largest absolute Gasteiger partial charge is 0.394 e. The van der Waals surface area contributed by atoms with Gasteiger partial charge in [0.05, 0.1) is 13.2 Å². The fourth-order valence-electron chi connectivity index (χ4n) is 2.76. The minimum atomic E-state index is -2.07. The second-order valence-corrected chi connectivity index (χ2v) is 6.77. The third-order valence-electron chi connectivity index (χ3n) is 4.56. The van der Waals surface area contributed by atoms with Gasteiger partial charge in [-0.25, -0.2) is 0 Å². The monoisotopic (exact) mass is 428 g/mol. The summed E-state index contributed by atoms with van der Waals surface area (Å²) in [5.41, 5.74) is 5.33. The molecule has 0 unspecified atom stereocenters. The number of amides is 1. The molecule has 0 saturated carbocycles. The Hall–Kier alpha value is -0.970. The van der Waals surface area contributed by atoms with Gasteiger partial charge in [0.2, 0.25) is 0 Å². The normalized spacial score (nSPS) is 31.7. The molecule has 29 heavy (non-hydrogen) atoms. The van der Waals surface area contributed by atoms with E-state index in [0.717, 1.165) is 0 Å². The first kappa shape index (κ1) is 26.1. The van der Waals surface area contributed by atoms with Gasteiger partial charge < -0.3 is 61.4 Å². The summed E-state index contributed by atoms with van der Waals surface area (Å²) in [5.74, 6) is -0.970. The van der Waals surface area contributed by atoms with Crippen LogP contribution in [0.4, 0.5) is 0 Å². The molecule has 1 fully saturated rings. The van der Waals surface area contributed by atoms with E-state index in [2.05, 4.69) is 5.32 Å². The number of rotatable bonds is 12. The molecule has 0 aromatic carbocycles. The number of aliphatic hydroxyl groups excluding tert-OH is 8. The Balaban J connectivity index is 2.83. The van der Waals surface area contributed by atoms with Crippen molar-refractivity contribution in [3.63, 3.8) is 0 Å². The van der Waals surface area contributed by atoms with Gasteiger partial charge in [0.15, 0.2) is 12.4 Å². The van der Waals surface area contributed by atoms with Crippen LogP contribution in [0.1, 0.15) is 12.8 Å². The maximum atomic E-state index is 12.0. The third kappa shape index (κ3) is 7.04. The number of carbonyl (C=O) groups is 1. The van der Waals surface area contributed by atoms with E-state index < -0.39 is 74.2 Å². The predicted octanol–water partition coefficient (Wildman–Crippen LogP) is -5.90. The molecule has 0 bridgehead atoms. The summed E-state index contributed by atoms with van der Waals surface area (Å²) >= 11 is 0. The quantitative estimate of drug-likeness (QED) is 0.131. The van der Waals surface area contributed by atoms with Crippen molar-refractivity contribution in [2.75, 3.05) is 26.3 Å². The topological polar surface area (TPSA) is 235 Å². The number of unbranched alkanes of at least 4 members (excludes halogenated alkanes) is 1. The van der Waals surface area contributed by atoms with Crippen LogP contribution in [0.5, 0.6) is 0 Å². The fourth-order valence-corrected chi connectivity index (χ4v) is 2.76. The van der Waals surface area contributed by atoms with Crippen molar-refractivity contribution in [1.82, 2.24) is 5.32 Å². The molecule has 9 atom stereocenters. The van der Waals surface area contributed by atoms with Gasteiger partial charge in [-0.15, -0.1) is 0 Å². The molecule has 0 spiro atoms. The van der Waals surface area contributed by atoms with Gasteiger partial charge in [0.25, 0.3) is 5.91 Å². The highest BCUT2D eigenvalue weighted by atomic mass is 16.7. The molecular weight excluding hydrogens is 396 g/mol. The van der Waals surface area contributed by atoms with Crippen molar-refractivity contribution in [3.05, 3.63) is 0 Å². The molecule has 1 rings (SSSR count). The van der Waals surface area contributed by atoms with E-state index in [0.29, 0.717) is 19.4 Å². The number of aliphatic hydroxyl groups is 8. The highest BCUT2D eigenvalue weighted by Crippen LogP contribution is 2.25. The number of ether oxygens (including phenoxy) is 2. The average molecular weight is 428 g/mol. The Morgan fingerprint density at radius 3 is 2.28 bits per heavy atom. The Morgan fingerprint density at radius 1 is 1.07 bits per heavy atom. The lowest BCUT2D eigenvalue weighted by Gasteiger charge is -2.42. The molecule has 1 heterocycles. The van der Waals surface area contributed by atoms with Crippen LogP contribution >= 0.6 is 0 Å². The first-order valence-corrected chi connectivity index (χ1v) is 9.28. The van der Waals surface area contributed by atoms with Crippen LogP contribution in [0.15, 0.2) is 0 Å². The lowest BCUT2D eigenvalue weighted by Crippen LogP contribution is -2.62. The molecule has 1 amide bonds. The molecule has 13 heteroatoms. The molecular formula is C16H32N2O11. The van der Waals surface area contributed by atoms with E-state index in [-0.39, 0.29) is 6.54 Å². The first-order valence-electron chi connectivity index (χ1n) is 9.28. The van der Waals surface area contributed by atoms with E-state index in [1.807, 2.05) is 0 Å². The van der Waals surface area contributed by atoms with Crippen LogP contribution in [-0.4, -0.2) is 128 Å². The Kier molecular flexibility index (Phi) is 11.4. The van der Waals surface area contributed by atoms with Crippen molar-refractivity contribution in [2.45, 2.75) is 68.0 Å². The zero-order valence-corrected chi connectivity index (χ0v) is 15.8. The molecule has 172 valence electrons. The minimum Gasteiger partial charge on any atom is -0.394 e. The number of carbonyl (C=O) groups excluding carboxylic acids is 1. The van der Waals surface area contributed by atoms with Gasteiger partial charge in [-0.3, -0.25) is 4.79 Å². The summed E-state index contributed by atoms with van der Waals surface area (Å²) in [6.07, 6.45) is -15.0. The third-order valence-corrected chi connectivity index (χ3v) is 4.56. The minimum absolute atomic E-state index is 0.181. The summed E-state index contributed by atoms with van der Waals surface area (Å²) in [6, 6.07) is 0. The van der Waals surface area contributed by atoms with Crippen LogP contribution in [0, 0.1) is 0 Å². The summed E-state index contributed by atoms with van der Waals surface area (Å²) < 4.78 is 10.3. The van der Waals surface area contributed by atoms with Crippen molar-refractivity contribution in [1.29, 1.82) is 0 Å². The molecule has 0 aromatic heterocycles. The van der Waals surface area contributed by atoms with E-state index in [9.17, 15) is 45.6 Å². The van der Waals surface area contributed by atoms with E-state index in [1.54, 1.807) is 0 Å². The van der Waals surface area contributed by atoms with Crippen LogP contribution in [0.3, 0.4) is 0 Å². The second-order valence-electron chi connectivity index (χ2n) is 6.77. The second kappa shape index (κ2) is 12.7. The molecule has 11 N–H and O–H groups in total. The maximum absolute atomic E-state index is 12.0. The number of hydrogen-bond donors (Lipinski definition) is 10. The van der Waals surface area contributed by atoms with Gasteiger partial charge >= 0.3 is 0 Å². The zero-order chi connectivity index (χ0) is 22.1. The molecule has 0 aromatic rings. The highest BCUT2D eigenvalue weighted by Gasteiger charge is 2.47. The van der Waals surface area contributed by atoms with E-state index in [1.165, 1.54) is 0 Å². The van der Waals surface area contributed by atoms with Crippen LogP contribution in [-0.2, 0) is 14.3 Å². The fraction of sp³-hybridized carbons (Fsp3) is 0.938. The van der Waals surface area contributed by atoms with Crippen LogP contribution < -0.4 is 11.1 Å². The number of nitrogens with two attached hydrogens (primary N) is 1.